The second-order valence-corrected chi connectivity index (χ2v) is 5.18. The Bertz CT molecular complexity index is 373. The van der Waals surface area contributed by atoms with E-state index in [1.807, 2.05) is 18.2 Å². The zero-order valence-electron chi connectivity index (χ0n) is 9.10. The van der Waals surface area contributed by atoms with E-state index < -0.39 is 0 Å². The van der Waals surface area contributed by atoms with E-state index in [0.717, 1.165) is 25.9 Å². The minimum Gasteiger partial charge on any atom is -0.330 e. The molecule has 0 spiro atoms. The standard InChI is InChI=1S/C12H16Cl2N2/c13-10-2-1-9(7-11(10)14)12(8-15)3-5-16-6-4-12/h1-2,7,16H,3-6,8,15H2. The van der Waals surface area contributed by atoms with E-state index in [9.17, 15) is 0 Å². The predicted molar refractivity (Wildman–Crippen MR) is 69.3 cm³/mol. The van der Waals surface area contributed by atoms with Crippen molar-refractivity contribution in [3.8, 4) is 0 Å². The topological polar surface area (TPSA) is 38.0 Å². The molecule has 1 fully saturated rings. The van der Waals surface area contributed by atoms with Gasteiger partial charge in [-0.25, -0.2) is 0 Å². The van der Waals surface area contributed by atoms with Crippen molar-refractivity contribution in [2.75, 3.05) is 19.6 Å². The van der Waals surface area contributed by atoms with Crippen molar-refractivity contribution in [2.24, 2.45) is 5.73 Å². The maximum absolute atomic E-state index is 6.06. The normalized spacial score (nSPS) is 19.7. The molecule has 2 nitrogen and oxygen atoms in total. The quantitative estimate of drug-likeness (QED) is 0.856. The minimum atomic E-state index is 0.0689. The molecule has 0 unspecified atom stereocenters. The van der Waals surface area contributed by atoms with E-state index >= 15 is 0 Å². The highest BCUT2D eigenvalue weighted by atomic mass is 35.5. The summed E-state index contributed by atoms with van der Waals surface area (Å²) in [7, 11) is 0. The number of rotatable bonds is 2. The van der Waals surface area contributed by atoms with Gasteiger partial charge in [-0.05, 0) is 43.6 Å². The molecule has 1 aliphatic heterocycles. The smallest absolute Gasteiger partial charge is 0.0595 e. The van der Waals surface area contributed by atoms with Crippen molar-refractivity contribution in [1.29, 1.82) is 0 Å². The number of nitrogens with two attached hydrogens (primary N) is 1. The lowest BCUT2D eigenvalue weighted by Crippen LogP contribution is -2.44. The Morgan fingerprint density at radius 1 is 1.19 bits per heavy atom. The molecule has 88 valence electrons. The lowest BCUT2D eigenvalue weighted by molar-refractivity contribution is 0.315. The summed E-state index contributed by atoms with van der Waals surface area (Å²) in [6, 6.07) is 5.87. The van der Waals surface area contributed by atoms with Crippen LogP contribution in [0.3, 0.4) is 0 Å². The number of hydrogen-bond acceptors (Lipinski definition) is 2. The third-order valence-corrected chi connectivity index (χ3v) is 4.22. The Morgan fingerprint density at radius 2 is 1.88 bits per heavy atom. The highest BCUT2D eigenvalue weighted by Gasteiger charge is 2.32. The van der Waals surface area contributed by atoms with E-state index in [1.165, 1.54) is 5.56 Å². The first-order chi connectivity index (χ1) is 7.68. The predicted octanol–water partition coefficient (Wildman–Crippen LogP) is 2.57. The summed E-state index contributed by atoms with van der Waals surface area (Å²) in [6.45, 7) is 2.68. The average Bonchev–Trinajstić information content (AvgIpc) is 2.33. The van der Waals surface area contributed by atoms with Gasteiger partial charge in [0.15, 0.2) is 0 Å². The van der Waals surface area contributed by atoms with Crippen molar-refractivity contribution in [3.63, 3.8) is 0 Å². The van der Waals surface area contributed by atoms with Gasteiger partial charge in [0, 0.05) is 12.0 Å². The van der Waals surface area contributed by atoms with Crippen molar-refractivity contribution in [1.82, 2.24) is 5.32 Å². The first-order valence-electron chi connectivity index (χ1n) is 5.54. The first kappa shape index (κ1) is 12.2. The summed E-state index contributed by atoms with van der Waals surface area (Å²) in [4.78, 5) is 0. The summed E-state index contributed by atoms with van der Waals surface area (Å²) < 4.78 is 0. The number of piperidine rings is 1. The molecule has 0 aromatic heterocycles. The number of halogens is 2. The monoisotopic (exact) mass is 258 g/mol. The molecule has 0 aliphatic carbocycles. The van der Waals surface area contributed by atoms with Gasteiger partial charge >= 0.3 is 0 Å². The molecule has 1 aromatic rings. The molecule has 0 saturated carbocycles. The van der Waals surface area contributed by atoms with Crippen molar-refractivity contribution in [3.05, 3.63) is 33.8 Å². The van der Waals surface area contributed by atoms with Crippen LogP contribution in [0.15, 0.2) is 18.2 Å². The minimum absolute atomic E-state index is 0.0689. The van der Waals surface area contributed by atoms with Crippen molar-refractivity contribution < 1.29 is 0 Å². The summed E-state index contributed by atoms with van der Waals surface area (Å²) in [5, 5.41) is 4.57. The molecule has 1 aromatic carbocycles. The van der Waals surface area contributed by atoms with E-state index in [4.69, 9.17) is 28.9 Å². The maximum Gasteiger partial charge on any atom is 0.0595 e. The lowest BCUT2D eigenvalue weighted by atomic mass is 9.73. The van der Waals surface area contributed by atoms with Crippen LogP contribution in [0, 0.1) is 0 Å². The van der Waals surface area contributed by atoms with Crippen LogP contribution in [0.2, 0.25) is 10.0 Å². The van der Waals surface area contributed by atoms with Gasteiger partial charge in [0.2, 0.25) is 0 Å². The highest BCUT2D eigenvalue weighted by molar-refractivity contribution is 6.42. The van der Waals surface area contributed by atoms with Crippen LogP contribution in [-0.4, -0.2) is 19.6 Å². The molecule has 0 radical (unpaired) electrons. The lowest BCUT2D eigenvalue weighted by Gasteiger charge is -2.37. The summed E-state index contributed by atoms with van der Waals surface area (Å²) in [6.07, 6.45) is 2.11. The van der Waals surface area contributed by atoms with Crippen LogP contribution in [-0.2, 0) is 5.41 Å². The molecule has 0 bridgehead atoms. The fraction of sp³-hybridized carbons (Fsp3) is 0.500. The van der Waals surface area contributed by atoms with Gasteiger partial charge in [-0.15, -0.1) is 0 Å². The number of hydrogen-bond donors (Lipinski definition) is 2. The fourth-order valence-electron chi connectivity index (χ4n) is 2.34. The summed E-state index contributed by atoms with van der Waals surface area (Å²) in [5.74, 6) is 0. The van der Waals surface area contributed by atoms with Gasteiger partial charge in [0.25, 0.3) is 0 Å². The first-order valence-corrected chi connectivity index (χ1v) is 6.30. The van der Waals surface area contributed by atoms with Gasteiger partial charge in [0.1, 0.15) is 0 Å². The number of nitrogens with one attached hydrogen (secondary N) is 1. The molecule has 1 heterocycles. The van der Waals surface area contributed by atoms with Gasteiger partial charge < -0.3 is 11.1 Å². The van der Waals surface area contributed by atoms with Crippen LogP contribution in [0.25, 0.3) is 0 Å². The van der Waals surface area contributed by atoms with Gasteiger partial charge in [-0.1, -0.05) is 29.3 Å². The van der Waals surface area contributed by atoms with Crippen LogP contribution in [0.1, 0.15) is 18.4 Å². The molecule has 1 aliphatic rings. The third kappa shape index (κ3) is 2.21. The van der Waals surface area contributed by atoms with E-state index in [2.05, 4.69) is 5.32 Å². The SMILES string of the molecule is NCC1(c2ccc(Cl)c(Cl)c2)CCNCC1. The van der Waals surface area contributed by atoms with Gasteiger partial charge in [-0.2, -0.15) is 0 Å². The molecule has 4 heteroatoms. The Balaban J connectivity index is 2.35. The second-order valence-electron chi connectivity index (χ2n) is 4.36. The summed E-state index contributed by atoms with van der Waals surface area (Å²) in [5.41, 5.74) is 7.24. The molecule has 0 amide bonds. The number of benzene rings is 1. The molecule has 2 rings (SSSR count). The van der Waals surface area contributed by atoms with Crippen LogP contribution in [0.4, 0.5) is 0 Å². The molecule has 1 saturated heterocycles. The van der Waals surface area contributed by atoms with E-state index in [1.54, 1.807) is 0 Å². The van der Waals surface area contributed by atoms with Gasteiger partial charge in [0.05, 0.1) is 10.0 Å². The van der Waals surface area contributed by atoms with Crippen LogP contribution < -0.4 is 11.1 Å². The zero-order valence-corrected chi connectivity index (χ0v) is 10.6. The van der Waals surface area contributed by atoms with Crippen molar-refractivity contribution in [2.45, 2.75) is 18.3 Å². The Hall–Kier alpha value is -0.280. The molecule has 3 N–H and O–H groups in total. The summed E-state index contributed by atoms with van der Waals surface area (Å²) >= 11 is 12.0. The largest absolute Gasteiger partial charge is 0.330 e. The Morgan fingerprint density at radius 3 is 2.44 bits per heavy atom. The fourth-order valence-corrected chi connectivity index (χ4v) is 2.64. The Kier molecular flexibility index (Phi) is 3.75. The van der Waals surface area contributed by atoms with E-state index in [-0.39, 0.29) is 5.41 Å². The molecular formula is C12H16Cl2N2. The molecular weight excluding hydrogens is 243 g/mol. The third-order valence-electron chi connectivity index (χ3n) is 3.48. The highest BCUT2D eigenvalue weighted by Crippen LogP contribution is 2.35. The maximum atomic E-state index is 6.06. The van der Waals surface area contributed by atoms with E-state index in [0.29, 0.717) is 16.6 Å². The zero-order chi connectivity index (χ0) is 11.6. The second kappa shape index (κ2) is 4.92. The van der Waals surface area contributed by atoms with Crippen molar-refractivity contribution >= 4 is 23.2 Å². The van der Waals surface area contributed by atoms with Crippen LogP contribution in [0.5, 0.6) is 0 Å². The average molecular weight is 259 g/mol. The van der Waals surface area contributed by atoms with Gasteiger partial charge in [-0.3, -0.25) is 0 Å². The van der Waals surface area contributed by atoms with Crippen LogP contribution >= 0.6 is 23.2 Å². The molecule has 16 heavy (non-hydrogen) atoms. The molecule has 0 atom stereocenters. The Labute approximate surface area is 106 Å².